The Morgan fingerprint density at radius 2 is 1.87 bits per heavy atom. The molecule has 0 saturated carbocycles. The molecule has 3 heterocycles. The molecule has 1 fully saturated rings. The standard InChI is InChI=1S/C28H26FN7O2/c1-18-34-35-27(38-18)21-12-15-36(16-13-21)23-10-8-22(9-11-23)32-28-31-17-24(29)26(33-28)20-6-4-19(5-7-20)25(37)3-2-14-30/h4-11,17,21H,2-3,12-13,15-16H2,1H3,(H,31,32,33). The molecule has 0 bridgehead atoms. The normalized spacial score (nSPS) is 13.8. The molecular formula is C28H26FN7O2. The zero-order chi connectivity index (χ0) is 26.5. The van der Waals surface area contributed by atoms with Crippen molar-refractivity contribution in [3.8, 4) is 17.3 Å². The second kappa shape index (κ2) is 11.2. The van der Waals surface area contributed by atoms with Crippen molar-refractivity contribution < 1.29 is 13.6 Å². The number of halogens is 1. The van der Waals surface area contributed by atoms with E-state index in [2.05, 4.69) is 30.4 Å². The van der Waals surface area contributed by atoms with Crippen molar-refractivity contribution in [2.75, 3.05) is 23.3 Å². The molecule has 0 aliphatic carbocycles. The van der Waals surface area contributed by atoms with Crippen molar-refractivity contribution in [1.82, 2.24) is 20.2 Å². The number of anilines is 3. The summed E-state index contributed by atoms with van der Waals surface area (Å²) in [6.45, 7) is 3.60. The van der Waals surface area contributed by atoms with Crippen LogP contribution in [0.15, 0.2) is 59.1 Å². The predicted octanol–water partition coefficient (Wildman–Crippen LogP) is 5.59. The summed E-state index contributed by atoms with van der Waals surface area (Å²) in [7, 11) is 0. The number of carbonyl (C=O) groups excluding carboxylic acids is 1. The van der Waals surface area contributed by atoms with Crippen LogP contribution in [0.1, 0.15) is 53.7 Å². The Balaban J connectivity index is 1.22. The van der Waals surface area contributed by atoms with Crippen LogP contribution in [0.5, 0.6) is 0 Å². The van der Waals surface area contributed by atoms with Gasteiger partial charge >= 0.3 is 0 Å². The van der Waals surface area contributed by atoms with Crippen LogP contribution in [0.2, 0.25) is 0 Å². The summed E-state index contributed by atoms with van der Waals surface area (Å²) < 4.78 is 20.1. The fourth-order valence-corrected chi connectivity index (χ4v) is 4.50. The van der Waals surface area contributed by atoms with Crippen LogP contribution in [0.4, 0.5) is 21.7 Å². The van der Waals surface area contributed by atoms with E-state index in [1.807, 2.05) is 30.3 Å². The van der Waals surface area contributed by atoms with E-state index in [0.29, 0.717) is 22.9 Å². The number of benzene rings is 2. The van der Waals surface area contributed by atoms with E-state index in [1.165, 1.54) is 0 Å². The topological polar surface area (TPSA) is 121 Å². The van der Waals surface area contributed by atoms with Gasteiger partial charge in [0, 0.05) is 61.3 Å². The molecule has 0 radical (unpaired) electrons. The van der Waals surface area contributed by atoms with E-state index in [1.54, 1.807) is 31.2 Å². The van der Waals surface area contributed by atoms with E-state index in [-0.39, 0.29) is 30.3 Å². The predicted molar refractivity (Wildman–Crippen MR) is 140 cm³/mol. The summed E-state index contributed by atoms with van der Waals surface area (Å²) in [4.78, 5) is 22.9. The lowest BCUT2D eigenvalue weighted by Crippen LogP contribution is -2.32. The molecule has 5 rings (SSSR count). The number of nitriles is 1. The van der Waals surface area contributed by atoms with Gasteiger partial charge in [0.15, 0.2) is 11.6 Å². The maximum atomic E-state index is 14.5. The number of carbonyl (C=O) groups is 1. The fourth-order valence-electron chi connectivity index (χ4n) is 4.50. The molecule has 1 N–H and O–H groups in total. The van der Waals surface area contributed by atoms with Gasteiger partial charge in [0.2, 0.25) is 17.7 Å². The zero-order valence-electron chi connectivity index (χ0n) is 20.9. The summed E-state index contributed by atoms with van der Waals surface area (Å²) in [5, 5.41) is 19.9. The molecule has 2 aromatic carbocycles. The number of hydrogen-bond acceptors (Lipinski definition) is 9. The highest BCUT2D eigenvalue weighted by atomic mass is 19.1. The number of nitrogens with one attached hydrogen (secondary N) is 1. The molecule has 9 nitrogen and oxygen atoms in total. The van der Waals surface area contributed by atoms with Gasteiger partial charge in [0.1, 0.15) is 5.69 Å². The molecule has 10 heteroatoms. The van der Waals surface area contributed by atoms with Crippen LogP contribution in [0, 0.1) is 24.1 Å². The largest absolute Gasteiger partial charge is 0.425 e. The third-order valence-corrected chi connectivity index (χ3v) is 6.56. The number of aryl methyl sites for hydroxylation is 1. The quantitative estimate of drug-likeness (QED) is 0.302. The maximum Gasteiger partial charge on any atom is 0.227 e. The van der Waals surface area contributed by atoms with E-state index >= 15 is 0 Å². The second-order valence-corrected chi connectivity index (χ2v) is 9.14. The zero-order valence-corrected chi connectivity index (χ0v) is 20.9. The number of hydrogen-bond donors (Lipinski definition) is 1. The number of nitrogens with zero attached hydrogens (tertiary/aromatic N) is 6. The van der Waals surface area contributed by atoms with Crippen LogP contribution in [0.3, 0.4) is 0 Å². The van der Waals surface area contributed by atoms with Gasteiger partial charge in [0.05, 0.1) is 12.3 Å². The maximum absolute atomic E-state index is 14.5. The second-order valence-electron chi connectivity index (χ2n) is 9.14. The average Bonchev–Trinajstić information content (AvgIpc) is 3.39. The van der Waals surface area contributed by atoms with Gasteiger partial charge in [0.25, 0.3) is 0 Å². The van der Waals surface area contributed by atoms with Crippen molar-refractivity contribution in [2.24, 2.45) is 0 Å². The van der Waals surface area contributed by atoms with Crippen LogP contribution >= 0.6 is 0 Å². The Hall–Kier alpha value is -4.65. The lowest BCUT2D eigenvalue weighted by atomic mass is 9.96. The summed E-state index contributed by atoms with van der Waals surface area (Å²) in [6.07, 6.45) is 3.34. The van der Waals surface area contributed by atoms with Gasteiger partial charge in [-0.1, -0.05) is 24.3 Å². The summed E-state index contributed by atoms with van der Waals surface area (Å²) in [5.74, 6) is 1.19. The van der Waals surface area contributed by atoms with E-state index in [9.17, 15) is 9.18 Å². The van der Waals surface area contributed by atoms with Crippen LogP contribution in [0.25, 0.3) is 11.3 Å². The first-order valence-corrected chi connectivity index (χ1v) is 12.5. The molecular weight excluding hydrogens is 485 g/mol. The van der Waals surface area contributed by atoms with Crippen molar-refractivity contribution in [3.63, 3.8) is 0 Å². The molecule has 0 amide bonds. The highest BCUT2D eigenvalue weighted by molar-refractivity contribution is 5.96. The molecule has 38 heavy (non-hydrogen) atoms. The molecule has 2 aromatic heterocycles. The Morgan fingerprint density at radius 1 is 1.13 bits per heavy atom. The Bertz CT molecular complexity index is 1450. The van der Waals surface area contributed by atoms with Crippen molar-refractivity contribution >= 4 is 23.1 Å². The van der Waals surface area contributed by atoms with Crippen molar-refractivity contribution in [3.05, 3.63) is 77.9 Å². The first-order chi connectivity index (χ1) is 18.5. The van der Waals surface area contributed by atoms with Gasteiger partial charge in [-0.05, 0) is 37.1 Å². The SMILES string of the molecule is Cc1nnc(C2CCN(c3ccc(Nc4ncc(F)c(-c5ccc(C(=O)CCC#N)cc5)n4)cc3)CC2)o1. The fraction of sp³-hybridized carbons (Fsp3) is 0.286. The lowest BCUT2D eigenvalue weighted by Gasteiger charge is -2.32. The monoisotopic (exact) mass is 511 g/mol. The van der Waals surface area contributed by atoms with Crippen molar-refractivity contribution in [1.29, 1.82) is 5.26 Å². The van der Waals surface area contributed by atoms with Crippen LogP contribution in [-0.4, -0.2) is 39.0 Å². The molecule has 192 valence electrons. The molecule has 4 aromatic rings. The Kier molecular flexibility index (Phi) is 7.35. The lowest BCUT2D eigenvalue weighted by molar-refractivity contribution is 0.0984. The van der Waals surface area contributed by atoms with E-state index in [4.69, 9.17) is 9.68 Å². The smallest absolute Gasteiger partial charge is 0.227 e. The van der Waals surface area contributed by atoms with Crippen LogP contribution in [-0.2, 0) is 0 Å². The minimum absolute atomic E-state index is 0.127. The first kappa shape index (κ1) is 25.0. The minimum atomic E-state index is -0.562. The Labute approximate surface area is 219 Å². The Morgan fingerprint density at radius 3 is 2.53 bits per heavy atom. The molecule has 1 aliphatic heterocycles. The summed E-state index contributed by atoms with van der Waals surface area (Å²) in [6, 6.07) is 16.4. The number of ketones is 1. The highest BCUT2D eigenvalue weighted by Gasteiger charge is 2.24. The number of rotatable bonds is 8. The number of Topliss-reactive ketones (excluding diaryl/α,β-unsaturated/α-hetero) is 1. The van der Waals surface area contributed by atoms with Crippen LogP contribution < -0.4 is 10.2 Å². The van der Waals surface area contributed by atoms with E-state index < -0.39 is 5.82 Å². The number of piperidine rings is 1. The highest BCUT2D eigenvalue weighted by Crippen LogP contribution is 2.31. The van der Waals surface area contributed by atoms with E-state index in [0.717, 1.165) is 49.4 Å². The molecule has 1 saturated heterocycles. The first-order valence-electron chi connectivity index (χ1n) is 12.5. The molecule has 0 unspecified atom stereocenters. The van der Waals surface area contributed by atoms with Gasteiger partial charge in [-0.2, -0.15) is 5.26 Å². The van der Waals surface area contributed by atoms with Crippen molar-refractivity contribution in [2.45, 2.75) is 38.5 Å². The molecule has 1 aliphatic rings. The molecule has 0 atom stereocenters. The third kappa shape index (κ3) is 5.67. The third-order valence-electron chi connectivity index (χ3n) is 6.56. The average molecular weight is 512 g/mol. The van der Waals surface area contributed by atoms with Gasteiger partial charge < -0.3 is 14.6 Å². The van der Waals surface area contributed by atoms with Gasteiger partial charge in [-0.15, -0.1) is 10.2 Å². The summed E-state index contributed by atoms with van der Waals surface area (Å²) in [5.41, 5.74) is 3.03. The van der Waals surface area contributed by atoms with Gasteiger partial charge in [-0.3, -0.25) is 4.79 Å². The van der Waals surface area contributed by atoms with Gasteiger partial charge in [-0.25, -0.2) is 14.4 Å². The minimum Gasteiger partial charge on any atom is -0.425 e. The summed E-state index contributed by atoms with van der Waals surface area (Å²) >= 11 is 0. The number of aromatic nitrogens is 4. The molecule has 0 spiro atoms.